The van der Waals surface area contributed by atoms with Crippen LogP contribution in [0.5, 0.6) is 5.75 Å². The third-order valence-electron chi connectivity index (χ3n) is 7.16. The van der Waals surface area contributed by atoms with Gasteiger partial charge in [0.2, 0.25) is 0 Å². The van der Waals surface area contributed by atoms with Gasteiger partial charge in [0.05, 0.1) is 36.3 Å². The van der Waals surface area contributed by atoms with E-state index in [4.69, 9.17) is 9.47 Å². The molecule has 1 saturated heterocycles. The van der Waals surface area contributed by atoms with Crippen LogP contribution in [-0.4, -0.2) is 62.1 Å². The summed E-state index contributed by atoms with van der Waals surface area (Å²) in [6.07, 6.45) is 2.77. The summed E-state index contributed by atoms with van der Waals surface area (Å²) < 4.78 is 26.3. The number of anilines is 1. The number of nitrogens with zero attached hydrogens (tertiary/aromatic N) is 1. The molecule has 8 heteroatoms. The van der Waals surface area contributed by atoms with Crippen molar-refractivity contribution in [2.75, 3.05) is 44.8 Å². The van der Waals surface area contributed by atoms with E-state index in [-0.39, 0.29) is 11.4 Å². The first-order valence-electron chi connectivity index (χ1n) is 12.7. The first kappa shape index (κ1) is 25.2. The fourth-order valence-corrected chi connectivity index (χ4v) is 4.96. The lowest BCUT2D eigenvalue weighted by Crippen LogP contribution is -2.44. The second-order valence-corrected chi connectivity index (χ2v) is 10.1. The lowest BCUT2D eigenvalue weighted by Gasteiger charge is -2.33. The van der Waals surface area contributed by atoms with Crippen LogP contribution in [0.25, 0.3) is 0 Å². The van der Waals surface area contributed by atoms with Gasteiger partial charge >= 0.3 is 0 Å². The number of morpholine rings is 1. The number of amides is 1. The first-order valence-corrected chi connectivity index (χ1v) is 12.7. The predicted molar refractivity (Wildman–Crippen MR) is 139 cm³/mol. The normalized spacial score (nSPS) is 21.6. The number of carbonyl (C=O) groups excluding carboxylic acids is 2. The molecular formula is C29H32FN3O4. The highest BCUT2D eigenvalue weighted by atomic mass is 19.1. The van der Waals surface area contributed by atoms with Gasteiger partial charge in [-0.15, -0.1) is 0 Å². The molecule has 1 aliphatic carbocycles. The first-order chi connectivity index (χ1) is 17.8. The zero-order valence-corrected chi connectivity index (χ0v) is 21.1. The van der Waals surface area contributed by atoms with Crippen molar-refractivity contribution in [2.45, 2.75) is 25.4 Å². The van der Waals surface area contributed by atoms with E-state index in [9.17, 15) is 9.59 Å². The van der Waals surface area contributed by atoms with E-state index < -0.39 is 29.2 Å². The van der Waals surface area contributed by atoms with Gasteiger partial charge in [-0.3, -0.25) is 14.5 Å². The number of hydrogen-bond acceptors (Lipinski definition) is 6. The molecule has 194 valence electrons. The Morgan fingerprint density at radius 2 is 1.86 bits per heavy atom. The second kappa shape index (κ2) is 10.5. The number of halogens is 1. The van der Waals surface area contributed by atoms with Crippen molar-refractivity contribution >= 4 is 17.4 Å². The average Bonchev–Trinajstić information content (AvgIpc) is 2.90. The van der Waals surface area contributed by atoms with Crippen molar-refractivity contribution in [1.29, 1.82) is 0 Å². The number of ketones is 1. The minimum Gasteiger partial charge on any atom is -0.492 e. The Morgan fingerprint density at radius 1 is 1.14 bits per heavy atom. The predicted octanol–water partition coefficient (Wildman–Crippen LogP) is 3.84. The van der Waals surface area contributed by atoms with Crippen molar-refractivity contribution in [1.82, 2.24) is 10.2 Å². The number of hydrogen-bond donors (Lipinski definition) is 2. The summed E-state index contributed by atoms with van der Waals surface area (Å²) in [6, 6.07) is 14.2. The van der Waals surface area contributed by atoms with Crippen molar-refractivity contribution in [2.24, 2.45) is 5.92 Å². The summed E-state index contributed by atoms with van der Waals surface area (Å²) in [4.78, 5) is 28.3. The summed E-state index contributed by atoms with van der Waals surface area (Å²) in [5.41, 5.74) is 1.25. The van der Waals surface area contributed by atoms with Crippen LogP contribution in [0.1, 0.15) is 29.8 Å². The van der Waals surface area contributed by atoms with Gasteiger partial charge in [-0.2, -0.15) is 0 Å². The lowest BCUT2D eigenvalue weighted by atomic mass is 9.81. The van der Waals surface area contributed by atoms with Crippen LogP contribution in [0.3, 0.4) is 0 Å². The molecule has 0 spiro atoms. The quantitative estimate of drug-likeness (QED) is 0.596. The van der Waals surface area contributed by atoms with E-state index >= 15 is 4.39 Å². The van der Waals surface area contributed by atoms with Gasteiger partial charge in [-0.05, 0) is 55.8 Å². The number of fused-ring (bicyclic) bond motifs is 2. The molecule has 0 radical (unpaired) electrons. The Kier molecular flexibility index (Phi) is 7.13. The number of Topliss-reactive ketones (excluding diaryl/α,β-unsaturated/α-hetero) is 1. The van der Waals surface area contributed by atoms with Crippen LogP contribution in [-0.2, 0) is 15.1 Å². The molecule has 1 amide bonds. The highest BCUT2D eigenvalue weighted by molar-refractivity contribution is 6.07. The van der Waals surface area contributed by atoms with Gasteiger partial charge < -0.3 is 20.1 Å². The van der Waals surface area contributed by atoms with Crippen LogP contribution < -0.4 is 15.4 Å². The number of rotatable bonds is 7. The molecule has 37 heavy (non-hydrogen) atoms. The van der Waals surface area contributed by atoms with E-state index in [2.05, 4.69) is 15.5 Å². The summed E-state index contributed by atoms with van der Waals surface area (Å²) in [5.74, 6) is -1.31. The summed E-state index contributed by atoms with van der Waals surface area (Å²) >= 11 is 0. The number of benzene rings is 2. The highest BCUT2D eigenvalue weighted by Gasteiger charge is 2.38. The molecule has 2 aromatic carbocycles. The van der Waals surface area contributed by atoms with Crippen LogP contribution in [0, 0.1) is 5.92 Å². The lowest BCUT2D eigenvalue weighted by molar-refractivity contribution is -0.119. The monoisotopic (exact) mass is 505 g/mol. The van der Waals surface area contributed by atoms with Gasteiger partial charge in [0.15, 0.2) is 5.78 Å². The molecule has 2 heterocycles. The maximum absolute atomic E-state index is 15.0. The maximum atomic E-state index is 15.0. The zero-order chi connectivity index (χ0) is 26.0. The topological polar surface area (TPSA) is 79.9 Å². The minimum absolute atomic E-state index is 0.0722. The molecule has 0 bridgehead atoms. The van der Waals surface area contributed by atoms with Gasteiger partial charge in [0.1, 0.15) is 18.2 Å². The molecule has 2 N–H and O–H groups in total. The Labute approximate surface area is 216 Å². The Bertz CT molecular complexity index is 1230. The average molecular weight is 506 g/mol. The summed E-state index contributed by atoms with van der Waals surface area (Å²) in [7, 11) is 0. The number of para-hydroxylation sites is 1. The standard InChI is InChI=1S/C29H32FN3O4/c1-29(2,19-7-9-20(10-8-19)37-16-13-33-11-14-36-15-12-33)32-28(35)22-18-26-23(17-24(22)30)27(34)21-5-3-4-6-25(21)31-26/h3-10,17-18,23,26,31H,11-16H2,1-2H3,(H,32,35). The minimum atomic E-state index is -0.760. The second-order valence-electron chi connectivity index (χ2n) is 10.1. The highest BCUT2D eigenvalue weighted by Crippen LogP contribution is 2.35. The third kappa shape index (κ3) is 5.45. The van der Waals surface area contributed by atoms with E-state index in [1.54, 1.807) is 12.1 Å². The SMILES string of the molecule is CC(C)(NC(=O)C1=CC2Nc3ccccc3C(=O)C2C=C1F)c1ccc(OCCN2CCOCC2)cc1. The molecule has 0 aromatic heterocycles. The number of ether oxygens (including phenoxy) is 2. The fourth-order valence-electron chi connectivity index (χ4n) is 4.96. The van der Waals surface area contributed by atoms with Crippen LogP contribution >= 0.6 is 0 Å². The van der Waals surface area contributed by atoms with Gasteiger partial charge in [-0.25, -0.2) is 4.39 Å². The van der Waals surface area contributed by atoms with Crippen LogP contribution in [0.2, 0.25) is 0 Å². The molecular weight excluding hydrogens is 473 g/mol. The molecule has 2 unspecified atom stereocenters. The Morgan fingerprint density at radius 3 is 2.62 bits per heavy atom. The van der Waals surface area contributed by atoms with Gasteiger partial charge in [0.25, 0.3) is 5.91 Å². The molecule has 7 nitrogen and oxygen atoms in total. The molecule has 1 fully saturated rings. The third-order valence-corrected chi connectivity index (χ3v) is 7.16. The van der Waals surface area contributed by atoms with Gasteiger partial charge in [-0.1, -0.05) is 24.3 Å². The smallest absolute Gasteiger partial charge is 0.254 e. The molecule has 2 atom stereocenters. The summed E-state index contributed by atoms with van der Waals surface area (Å²) in [5, 5.41) is 6.21. The Hall–Kier alpha value is -3.49. The zero-order valence-electron chi connectivity index (χ0n) is 21.1. The van der Waals surface area contributed by atoms with Crippen LogP contribution in [0.4, 0.5) is 10.1 Å². The van der Waals surface area contributed by atoms with E-state index in [0.29, 0.717) is 17.9 Å². The number of nitrogens with one attached hydrogen (secondary N) is 2. The fraction of sp³-hybridized carbons (Fsp3) is 0.379. The van der Waals surface area contributed by atoms with Crippen LogP contribution in [0.15, 0.2) is 72.1 Å². The molecule has 2 aliphatic heterocycles. The van der Waals surface area contributed by atoms with Crippen molar-refractivity contribution in [3.8, 4) is 5.75 Å². The van der Waals surface area contributed by atoms with Gasteiger partial charge in [0, 0.05) is 30.9 Å². The molecule has 0 saturated carbocycles. The summed E-state index contributed by atoms with van der Waals surface area (Å²) in [6.45, 7) is 8.52. The van der Waals surface area contributed by atoms with Crippen molar-refractivity contribution < 1.29 is 23.5 Å². The van der Waals surface area contributed by atoms with E-state index in [1.165, 1.54) is 12.2 Å². The van der Waals surface area contributed by atoms with Crippen molar-refractivity contribution in [3.05, 3.63) is 83.2 Å². The van der Waals surface area contributed by atoms with E-state index in [0.717, 1.165) is 44.2 Å². The largest absolute Gasteiger partial charge is 0.492 e. The number of carbonyl (C=O) groups is 2. The Balaban J connectivity index is 1.22. The molecule has 2 aromatic rings. The molecule has 3 aliphatic rings. The van der Waals surface area contributed by atoms with E-state index in [1.807, 2.05) is 50.2 Å². The maximum Gasteiger partial charge on any atom is 0.254 e. The molecule has 5 rings (SSSR count). The van der Waals surface area contributed by atoms with Crippen molar-refractivity contribution in [3.63, 3.8) is 0 Å².